The second kappa shape index (κ2) is 5.94. The van der Waals surface area contributed by atoms with Gasteiger partial charge in [0.2, 0.25) is 5.91 Å². The highest BCUT2D eigenvalue weighted by Crippen LogP contribution is 2.10. The van der Waals surface area contributed by atoms with Crippen LogP contribution in [0.15, 0.2) is 0 Å². The van der Waals surface area contributed by atoms with Crippen LogP contribution >= 0.6 is 0 Å². The van der Waals surface area contributed by atoms with Crippen LogP contribution in [-0.2, 0) is 4.79 Å². The molecule has 1 unspecified atom stereocenters. The maximum Gasteiger partial charge on any atom is 0.220 e. The van der Waals surface area contributed by atoms with Crippen molar-refractivity contribution in [2.24, 2.45) is 0 Å². The fraction of sp³-hybridized carbons (Fsp3) is 0.889. The number of aliphatic hydroxyl groups excluding tert-OH is 1. The molecule has 0 aromatic carbocycles. The lowest BCUT2D eigenvalue weighted by Gasteiger charge is -2.09. The number of rotatable bonds is 5. The molecule has 76 valence electrons. The van der Waals surface area contributed by atoms with Gasteiger partial charge in [-0.1, -0.05) is 0 Å². The molecule has 1 saturated heterocycles. The normalized spacial score (nSPS) is 21.8. The number of carbonyl (C=O) groups excluding carboxylic acids is 1. The van der Waals surface area contributed by atoms with Crippen molar-refractivity contribution in [1.82, 2.24) is 10.6 Å². The van der Waals surface area contributed by atoms with Crippen molar-refractivity contribution in [2.45, 2.75) is 31.7 Å². The summed E-state index contributed by atoms with van der Waals surface area (Å²) in [5, 5.41) is 14.4. The summed E-state index contributed by atoms with van der Waals surface area (Å²) in [7, 11) is 0. The Morgan fingerprint density at radius 3 is 3.08 bits per heavy atom. The minimum absolute atomic E-state index is 0.0212. The van der Waals surface area contributed by atoms with E-state index in [2.05, 4.69) is 10.6 Å². The van der Waals surface area contributed by atoms with E-state index in [1.54, 1.807) is 0 Å². The Bertz CT molecular complexity index is 156. The Balaban J connectivity index is 2.00. The Kier molecular flexibility index (Phi) is 4.78. The first kappa shape index (κ1) is 10.5. The van der Waals surface area contributed by atoms with Gasteiger partial charge in [0.05, 0.1) is 6.61 Å². The molecule has 1 aliphatic rings. The van der Waals surface area contributed by atoms with E-state index in [1.165, 1.54) is 12.8 Å². The summed E-state index contributed by atoms with van der Waals surface area (Å²) < 4.78 is 0. The highest BCUT2D eigenvalue weighted by molar-refractivity contribution is 5.75. The number of aliphatic hydroxyl groups is 1. The smallest absolute Gasteiger partial charge is 0.220 e. The second-order valence-electron chi connectivity index (χ2n) is 3.41. The molecule has 1 rings (SSSR count). The van der Waals surface area contributed by atoms with Gasteiger partial charge in [0.25, 0.3) is 0 Å². The van der Waals surface area contributed by atoms with E-state index < -0.39 is 0 Å². The SMILES string of the molecule is O=C(CCC1CCCN1)NCCO. The third kappa shape index (κ3) is 4.24. The Labute approximate surface area is 78.7 Å². The molecule has 0 aromatic heterocycles. The molecule has 1 amide bonds. The fourth-order valence-corrected chi connectivity index (χ4v) is 1.59. The lowest BCUT2D eigenvalue weighted by Crippen LogP contribution is -2.29. The zero-order chi connectivity index (χ0) is 9.52. The first-order valence-corrected chi connectivity index (χ1v) is 4.94. The zero-order valence-electron chi connectivity index (χ0n) is 7.88. The summed E-state index contributed by atoms with van der Waals surface area (Å²) in [5.41, 5.74) is 0. The van der Waals surface area contributed by atoms with Gasteiger partial charge in [-0.25, -0.2) is 0 Å². The van der Waals surface area contributed by atoms with Crippen LogP contribution in [0.1, 0.15) is 25.7 Å². The van der Waals surface area contributed by atoms with Crippen molar-refractivity contribution >= 4 is 5.91 Å². The monoisotopic (exact) mass is 186 g/mol. The molecular formula is C9H18N2O2. The number of amides is 1. The predicted octanol–water partition coefficient (Wildman–Crippen LogP) is -0.373. The van der Waals surface area contributed by atoms with Crippen LogP contribution in [0.3, 0.4) is 0 Å². The van der Waals surface area contributed by atoms with Crippen molar-refractivity contribution in [2.75, 3.05) is 19.7 Å². The van der Waals surface area contributed by atoms with Crippen molar-refractivity contribution in [3.8, 4) is 0 Å². The third-order valence-electron chi connectivity index (χ3n) is 2.32. The van der Waals surface area contributed by atoms with Crippen LogP contribution in [0, 0.1) is 0 Å². The summed E-state index contributed by atoms with van der Waals surface area (Å²) in [6.45, 7) is 1.48. The largest absolute Gasteiger partial charge is 0.395 e. The topological polar surface area (TPSA) is 61.4 Å². The molecule has 3 N–H and O–H groups in total. The Morgan fingerprint density at radius 2 is 2.46 bits per heavy atom. The molecule has 1 heterocycles. The summed E-state index contributed by atoms with van der Waals surface area (Å²) in [6.07, 6.45) is 3.89. The van der Waals surface area contributed by atoms with Gasteiger partial charge >= 0.3 is 0 Å². The van der Waals surface area contributed by atoms with Crippen molar-refractivity contribution in [1.29, 1.82) is 0 Å². The average Bonchev–Trinajstić information content (AvgIpc) is 2.64. The number of nitrogens with one attached hydrogen (secondary N) is 2. The molecule has 1 atom stereocenters. The number of hydrogen-bond acceptors (Lipinski definition) is 3. The molecule has 13 heavy (non-hydrogen) atoms. The van der Waals surface area contributed by atoms with E-state index in [0.717, 1.165) is 13.0 Å². The van der Waals surface area contributed by atoms with Crippen LogP contribution < -0.4 is 10.6 Å². The standard InChI is InChI=1S/C9H18N2O2/c12-7-6-11-9(13)4-3-8-2-1-5-10-8/h8,10,12H,1-7H2,(H,11,13). The second-order valence-corrected chi connectivity index (χ2v) is 3.41. The van der Waals surface area contributed by atoms with Gasteiger partial charge in [-0.2, -0.15) is 0 Å². The maximum atomic E-state index is 11.1. The van der Waals surface area contributed by atoms with Gasteiger partial charge < -0.3 is 15.7 Å². The summed E-state index contributed by atoms with van der Waals surface area (Å²) in [6, 6.07) is 0.528. The molecule has 1 fully saturated rings. The van der Waals surface area contributed by atoms with Gasteiger partial charge in [-0.15, -0.1) is 0 Å². The lowest BCUT2D eigenvalue weighted by molar-refractivity contribution is -0.121. The van der Waals surface area contributed by atoms with Gasteiger partial charge in [-0.05, 0) is 25.8 Å². The molecule has 1 aliphatic heterocycles. The van der Waals surface area contributed by atoms with Crippen LogP contribution in [0.4, 0.5) is 0 Å². The highest BCUT2D eigenvalue weighted by Gasteiger charge is 2.14. The highest BCUT2D eigenvalue weighted by atomic mass is 16.3. The van der Waals surface area contributed by atoms with Crippen molar-refractivity contribution < 1.29 is 9.90 Å². The van der Waals surface area contributed by atoms with Gasteiger partial charge in [0, 0.05) is 19.0 Å². The minimum atomic E-state index is 0.0212. The lowest BCUT2D eigenvalue weighted by atomic mass is 10.1. The minimum Gasteiger partial charge on any atom is -0.395 e. The molecule has 0 radical (unpaired) electrons. The van der Waals surface area contributed by atoms with Crippen LogP contribution in [0.5, 0.6) is 0 Å². The van der Waals surface area contributed by atoms with Gasteiger partial charge in [-0.3, -0.25) is 4.79 Å². The van der Waals surface area contributed by atoms with Crippen LogP contribution in [0.25, 0.3) is 0 Å². The summed E-state index contributed by atoms with van der Waals surface area (Å²) in [4.78, 5) is 11.1. The fourth-order valence-electron chi connectivity index (χ4n) is 1.59. The first-order chi connectivity index (χ1) is 6.33. The molecular weight excluding hydrogens is 168 g/mol. The van der Waals surface area contributed by atoms with E-state index in [0.29, 0.717) is 19.0 Å². The van der Waals surface area contributed by atoms with E-state index >= 15 is 0 Å². The molecule has 0 aromatic rings. The first-order valence-electron chi connectivity index (χ1n) is 4.94. The van der Waals surface area contributed by atoms with E-state index in [4.69, 9.17) is 5.11 Å². The molecule has 0 bridgehead atoms. The zero-order valence-corrected chi connectivity index (χ0v) is 7.88. The summed E-state index contributed by atoms with van der Waals surface area (Å²) >= 11 is 0. The van der Waals surface area contributed by atoms with E-state index in [-0.39, 0.29) is 12.5 Å². The Morgan fingerprint density at radius 1 is 1.62 bits per heavy atom. The maximum absolute atomic E-state index is 11.1. The van der Waals surface area contributed by atoms with Crippen LogP contribution in [-0.4, -0.2) is 36.8 Å². The van der Waals surface area contributed by atoms with Crippen LogP contribution in [0.2, 0.25) is 0 Å². The summed E-state index contributed by atoms with van der Waals surface area (Å²) in [5.74, 6) is 0.0442. The van der Waals surface area contributed by atoms with Crippen molar-refractivity contribution in [3.63, 3.8) is 0 Å². The third-order valence-corrected chi connectivity index (χ3v) is 2.32. The number of carbonyl (C=O) groups is 1. The van der Waals surface area contributed by atoms with E-state index in [9.17, 15) is 4.79 Å². The quantitative estimate of drug-likeness (QED) is 0.549. The Hall–Kier alpha value is -0.610. The van der Waals surface area contributed by atoms with Crippen molar-refractivity contribution in [3.05, 3.63) is 0 Å². The average molecular weight is 186 g/mol. The van der Waals surface area contributed by atoms with E-state index in [1.807, 2.05) is 0 Å². The molecule has 4 heteroatoms. The molecule has 0 saturated carbocycles. The molecule has 0 aliphatic carbocycles. The predicted molar refractivity (Wildman–Crippen MR) is 50.4 cm³/mol. The van der Waals surface area contributed by atoms with Gasteiger partial charge in [0.15, 0.2) is 0 Å². The van der Waals surface area contributed by atoms with Gasteiger partial charge in [0.1, 0.15) is 0 Å². The molecule has 0 spiro atoms. The molecule has 4 nitrogen and oxygen atoms in total. The number of hydrogen-bond donors (Lipinski definition) is 3.